The molecule has 0 atom stereocenters. The van der Waals surface area contributed by atoms with Crippen molar-refractivity contribution in [3.8, 4) is 17.2 Å². The third-order valence-electron chi connectivity index (χ3n) is 4.47. The van der Waals surface area contributed by atoms with Gasteiger partial charge < -0.3 is 14.6 Å². The molecule has 0 aliphatic carbocycles. The number of rotatable bonds is 11. The van der Waals surface area contributed by atoms with E-state index in [1.807, 2.05) is 49.5 Å². The summed E-state index contributed by atoms with van der Waals surface area (Å²) in [6.45, 7) is 2.45. The lowest BCUT2D eigenvalue weighted by atomic mass is 10.1. The molecule has 0 aliphatic heterocycles. The van der Waals surface area contributed by atoms with Gasteiger partial charge in [0.25, 0.3) is 0 Å². The first-order valence-corrected chi connectivity index (χ1v) is 9.77. The second-order valence-electron chi connectivity index (χ2n) is 6.52. The van der Waals surface area contributed by atoms with Crippen LogP contribution < -0.4 is 15.0 Å². The number of allylic oxidation sites excluding steroid dienone is 1. The fraction of sp³-hybridized carbons (Fsp3) is 0.217. The second kappa shape index (κ2) is 10.8. The van der Waals surface area contributed by atoms with Crippen molar-refractivity contribution < 1.29 is 24.2 Å². The number of ether oxygens (including phenoxy) is 2. The van der Waals surface area contributed by atoms with Gasteiger partial charge >= 0.3 is 5.97 Å². The Morgan fingerprint density at radius 3 is 2.61 bits per heavy atom. The number of aromatic nitrogens is 2. The van der Waals surface area contributed by atoms with E-state index in [0.29, 0.717) is 17.1 Å². The first-order chi connectivity index (χ1) is 15.1. The number of hydroxylamine groups is 1. The molecule has 3 aromatic rings. The molecule has 0 spiro atoms. The standard InChI is InChI=1S/C23H25N3O5/c1-3-20(17-8-10-19(11-9-17)26-13-5-12-24-26)25-31-15-14-30-21-7-4-6-18(16-22(27)28)23(21)29-2/h3-13,25H,14-16H2,1-2H3,(H,27,28). The van der Waals surface area contributed by atoms with Crippen molar-refractivity contribution in [2.24, 2.45) is 0 Å². The molecule has 2 N–H and O–H groups in total. The van der Waals surface area contributed by atoms with Crippen molar-refractivity contribution in [3.63, 3.8) is 0 Å². The van der Waals surface area contributed by atoms with Gasteiger partial charge in [-0.05, 0) is 36.8 Å². The quantitative estimate of drug-likeness (QED) is 0.360. The molecule has 0 bridgehead atoms. The van der Waals surface area contributed by atoms with Gasteiger partial charge in [-0.25, -0.2) is 4.68 Å². The first kappa shape index (κ1) is 21.9. The highest BCUT2D eigenvalue weighted by Gasteiger charge is 2.13. The van der Waals surface area contributed by atoms with E-state index in [4.69, 9.17) is 19.4 Å². The molecule has 1 heterocycles. The average Bonchev–Trinajstić information content (AvgIpc) is 3.31. The molecule has 0 saturated carbocycles. The van der Waals surface area contributed by atoms with E-state index in [1.165, 1.54) is 7.11 Å². The molecule has 8 heteroatoms. The Labute approximate surface area is 180 Å². The van der Waals surface area contributed by atoms with Crippen molar-refractivity contribution in [2.75, 3.05) is 20.3 Å². The smallest absolute Gasteiger partial charge is 0.307 e. The van der Waals surface area contributed by atoms with Crippen LogP contribution in [0.15, 0.2) is 67.0 Å². The molecule has 162 valence electrons. The van der Waals surface area contributed by atoms with Crippen molar-refractivity contribution in [1.29, 1.82) is 0 Å². The van der Waals surface area contributed by atoms with Crippen LogP contribution in [0.4, 0.5) is 0 Å². The van der Waals surface area contributed by atoms with E-state index in [1.54, 1.807) is 29.1 Å². The highest BCUT2D eigenvalue weighted by atomic mass is 16.7. The maximum atomic E-state index is 11.0. The number of nitrogens with zero attached hydrogens (tertiary/aromatic N) is 2. The zero-order valence-electron chi connectivity index (χ0n) is 17.4. The van der Waals surface area contributed by atoms with Gasteiger partial charge in [0.05, 0.1) is 24.9 Å². The lowest BCUT2D eigenvalue weighted by molar-refractivity contribution is -0.136. The summed E-state index contributed by atoms with van der Waals surface area (Å²) in [5.41, 5.74) is 6.27. The number of benzene rings is 2. The highest BCUT2D eigenvalue weighted by Crippen LogP contribution is 2.31. The Hall–Kier alpha value is -3.78. The van der Waals surface area contributed by atoms with Crippen LogP contribution in [0.3, 0.4) is 0 Å². The highest BCUT2D eigenvalue weighted by molar-refractivity contribution is 5.72. The third-order valence-corrected chi connectivity index (χ3v) is 4.47. The lowest BCUT2D eigenvalue weighted by Crippen LogP contribution is -2.18. The molecule has 0 fully saturated rings. The molecule has 0 amide bonds. The van der Waals surface area contributed by atoms with E-state index in [0.717, 1.165) is 16.9 Å². The van der Waals surface area contributed by atoms with Crippen LogP contribution in [0.1, 0.15) is 18.1 Å². The van der Waals surface area contributed by atoms with Gasteiger partial charge in [0.1, 0.15) is 13.2 Å². The van der Waals surface area contributed by atoms with E-state index >= 15 is 0 Å². The summed E-state index contributed by atoms with van der Waals surface area (Å²) in [6, 6.07) is 15.0. The van der Waals surface area contributed by atoms with Crippen molar-refractivity contribution in [1.82, 2.24) is 15.3 Å². The maximum absolute atomic E-state index is 11.0. The number of para-hydroxylation sites is 1. The summed E-state index contributed by atoms with van der Waals surface area (Å²) in [5.74, 6) is -0.0332. The largest absolute Gasteiger partial charge is 0.493 e. The number of methoxy groups -OCH3 is 1. The predicted molar refractivity (Wildman–Crippen MR) is 116 cm³/mol. The number of nitrogens with one attached hydrogen (secondary N) is 1. The van der Waals surface area contributed by atoms with Crippen LogP contribution >= 0.6 is 0 Å². The number of carboxylic acids is 1. The zero-order chi connectivity index (χ0) is 22.1. The van der Waals surface area contributed by atoms with Gasteiger partial charge in [-0.3, -0.25) is 15.1 Å². The van der Waals surface area contributed by atoms with Crippen LogP contribution in [0.25, 0.3) is 11.4 Å². The number of hydrogen-bond donors (Lipinski definition) is 2. The van der Waals surface area contributed by atoms with Gasteiger partial charge in [-0.1, -0.05) is 30.3 Å². The van der Waals surface area contributed by atoms with Gasteiger partial charge in [-0.2, -0.15) is 5.10 Å². The van der Waals surface area contributed by atoms with Gasteiger partial charge in [0.15, 0.2) is 11.5 Å². The van der Waals surface area contributed by atoms with Crippen LogP contribution in [-0.2, 0) is 16.1 Å². The molecule has 2 aromatic carbocycles. The van der Waals surface area contributed by atoms with Crippen LogP contribution in [-0.4, -0.2) is 41.2 Å². The molecular weight excluding hydrogens is 398 g/mol. The molecule has 3 rings (SSSR count). The monoisotopic (exact) mass is 423 g/mol. The molecule has 0 radical (unpaired) electrons. The van der Waals surface area contributed by atoms with Gasteiger partial charge in [-0.15, -0.1) is 0 Å². The Bertz CT molecular complexity index is 1010. The summed E-state index contributed by atoms with van der Waals surface area (Å²) >= 11 is 0. The number of carboxylic acid groups (broad SMARTS) is 1. The molecule has 31 heavy (non-hydrogen) atoms. The minimum Gasteiger partial charge on any atom is -0.493 e. The summed E-state index contributed by atoms with van der Waals surface area (Å²) in [6.07, 6.45) is 5.41. The third kappa shape index (κ3) is 5.86. The minimum absolute atomic E-state index is 0.137. The predicted octanol–water partition coefficient (Wildman–Crippen LogP) is 3.47. The fourth-order valence-corrected chi connectivity index (χ4v) is 3.03. The Balaban J connectivity index is 1.50. The number of aliphatic carboxylic acids is 1. The summed E-state index contributed by atoms with van der Waals surface area (Å²) in [5, 5.41) is 13.2. The van der Waals surface area contributed by atoms with E-state index in [2.05, 4.69) is 10.6 Å². The summed E-state index contributed by atoms with van der Waals surface area (Å²) in [4.78, 5) is 16.5. The molecule has 8 nitrogen and oxygen atoms in total. The van der Waals surface area contributed by atoms with E-state index in [-0.39, 0.29) is 19.6 Å². The van der Waals surface area contributed by atoms with Crippen LogP contribution in [0, 0.1) is 0 Å². The second-order valence-corrected chi connectivity index (χ2v) is 6.52. The van der Waals surface area contributed by atoms with Crippen LogP contribution in [0.5, 0.6) is 11.5 Å². The minimum atomic E-state index is -0.931. The van der Waals surface area contributed by atoms with Gasteiger partial charge in [0, 0.05) is 18.0 Å². The SMILES string of the molecule is CC=C(NOCCOc1cccc(CC(=O)O)c1OC)c1ccc(-n2cccn2)cc1. The zero-order valence-corrected chi connectivity index (χ0v) is 17.4. The Kier molecular flexibility index (Phi) is 7.67. The molecule has 0 unspecified atom stereocenters. The Morgan fingerprint density at radius 2 is 1.97 bits per heavy atom. The molecule has 0 aliphatic rings. The molecule has 0 saturated heterocycles. The van der Waals surface area contributed by atoms with E-state index < -0.39 is 5.97 Å². The van der Waals surface area contributed by atoms with Crippen molar-refractivity contribution in [3.05, 3.63) is 78.1 Å². The lowest BCUT2D eigenvalue weighted by Gasteiger charge is -2.15. The van der Waals surface area contributed by atoms with Crippen molar-refractivity contribution >= 4 is 11.7 Å². The van der Waals surface area contributed by atoms with Crippen molar-refractivity contribution in [2.45, 2.75) is 13.3 Å². The van der Waals surface area contributed by atoms with E-state index in [9.17, 15) is 4.79 Å². The fourth-order valence-electron chi connectivity index (χ4n) is 3.03. The summed E-state index contributed by atoms with van der Waals surface area (Å²) in [7, 11) is 1.49. The Morgan fingerprint density at radius 1 is 1.16 bits per heavy atom. The number of carbonyl (C=O) groups is 1. The summed E-state index contributed by atoms with van der Waals surface area (Å²) < 4.78 is 12.8. The molecule has 1 aromatic heterocycles. The average molecular weight is 423 g/mol. The van der Waals surface area contributed by atoms with Gasteiger partial charge in [0.2, 0.25) is 0 Å². The molecular formula is C23H25N3O5. The maximum Gasteiger partial charge on any atom is 0.307 e. The normalized spacial score (nSPS) is 11.2. The first-order valence-electron chi connectivity index (χ1n) is 9.77. The number of hydrogen-bond acceptors (Lipinski definition) is 6. The van der Waals surface area contributed by atoms with Crippen LogP contribution in [0.2, 0.25) is 0 Å². The topological polar surface area (TPSA) is 94.8 Å².